The van der Waals surface area contributed by atoms with Gasteiger partial charge in [-0.05, 0) is 73.5 Å². The molecule has 0 rings (SSSR count). The van der Waals surface area contributed by atoms with Gasteiger partial charge < -0.3 is 29.7 Å². The van der Waals surface area contributed by atoms with Crippen LogP contribution in [-0.2, 0) is 14.4 Å². The summed E-state index contributed by atoms with van der Waals surface area (Å²) in [5.41, 5.74) is 0. The summed E-state index contributed by atoms with van der Waals surface area (Å²) in [6.45, 7) is 9.03. The van der Waals surface area contributed by atoms with Crippen molar-refractivity contribution >= 4 is 78.3 Å². The van der Waals surface area contributed by atoms with Crippen LogP contribution in [0.15, 0.2) is 0 Å². The molecule has 0 saturated carbocycles. The van der Waals surface area contributed by atoms with Gasteiger partial charge in [0.05, 0.1) is 0 Å². The fourth-order valence-corrected chi connectivity index (χ4v) is 11.5. The zero-order chi connectivity index (χ0) is 55.6. The van der Waals surface area contributed by atoms with Crippen LogP contribution in [0.3, 0.4) is 0 Å². The van der Waals surface area contributed by atoms with E-state index in [0.29, 0.717) is 36.5 Å². The van der Waals surface area contributed by atoms with Gasteiger partial charge in [-0.25, -0.2) is 0 Å². The van der Waals surface area contributed by atoms with Crippen molar-refractivity contribution in [2.45, 2.75) is 353 Å². The molecule has 3 atom stereocenters. The Morgan fingerprint density at radius 2 is 0.419 bits per heavy atom. The number of thiol groups is 3. The molecular weight excluding hydrogens is 1080 g/mol. The molecule has 0 spiro atoms. The summed E-state index contributed by atoms with van der Waals surface area (Å²) in [7, 11) is 0. The van der Waals surface area contributed by atoms with Crippen molar-refractivity contribution < 1.29 is 29.7 Å². The predicted octanol–water partition coefficient (Wildman–Crippen LogP) is 18.0. The van der Waals surface area contributed by atoms with Crippen molar-refractivity contribution in [2.75, 3.05) is 17.3 Å². The molecule has 0 bridgehead atoms. The van der Waals surface area contributed by atoms with Gasteiger partial charge in [0.1, 0.15) is 0 Å². The van der Waals surface area contributed by atoms with Crippen LogP contribution in [0, 0.1) is 17.8 Å². The van der Waals surface area contributed by atoms with E-state index in [2.05, 4.69) is 65.6 Å². The average molecular weight is 1210 g/mol. The first-order valence-electron chi connectivity index (χ1n) is 32.2. The van der Waals surface area contributed by atoms with Crippen LogP contribution in [0.2, 0.25) is 4.44 Å². The number of unbranched alkanes of at least 4 members (excludes halogenated alkanes) is 40. The van der Waals surface area contributed by atoms with E-state index >= 15 is 0 Å². The Bertz CT molecular complexity index is 945. The van der Waals surface area contributed by atoms with Crippen molar-refractivity contribution in [1.82, 2.24) is 0 Å². The van der Waals surface area contributed by atoms with Crippen molar-refractivity contribution in [1.29, 1.82) is 0 Å². The number of carboxylic acids is 3. The Morgan fingerprint density at radius 1 is 0.270 bits per heavy atom. The SMILES string of the molecule is CCCCCCCCCCCCCCCCC(CCS)C(=O)[O-].CCCCCCCCCCCCCCCCC(CCS)C(=O)[O-].CCCCCCCCCCCCCCCCC(CCS)C(=O)[O-].CCC[CH2][Sn+3]. The zero-order valence-electron chi connectivity index (χ0n) is 49.7. The predicted molar refractivity (Wildman–Crippen MR) is 331 cm³/mol. The van der Waals surface area contributed by atoms with Crippen molar-refractivity contribution in [3.8, 4) is 0 Å². The van der Waals surface area contributed by atoms with E-state index in [1.165, 1.54) is 248 Å². The molecule has 0 aliphatic rings. The van der Waals surface area contributed by atoms with Gasteiger partial charge in [-0.2, -0.15) is 37.9 Å². The van der Waals surface area contributed by atoms with Crippen molar-refractivity contribution in [2.24, 2.45) is 17.8 Å². The molecule has 0 amide bonds. The van der Waals surface area contributed by atoms with Crippen LogP contribution in [0.25, 0.3) is 0 Å². The van der Waals surface area contributed by atoms with Gasteiger partial charge in [0.2, 0.25) is 0 Å². The van der Waals surface area contributed by atoms with Gasteiger partial charge in [0.25, 0.3) is 0 Å². The number of carbonyl (C=O) groups is 3. The monoisotopic (exact) mass is 1210 g/mol. The average Bonchev–Trinajstić information content (AvgIpc) is 3.38. The maximum absolute atomic E-state index is 10.9. The first-order chi connectivity index (χ1) is 36.1. The van der Waals surface area contributed by atoms with Gasteiger partial charge in [-0.3, -0.25) is 0 Å². The van der Waals surface area contributed by atoms with Gasteiger partial charge in [-0.1, -0.05) is 290 Å². The summed E-state index contributed by atoms with van der Waals surface area (Å²) in [6, 6.07) is 0. The van der Waals surface area contributed by atoms with Gasteiger partial charge in [0, 0.05) is 17.9 Å². The van der Waals surface area contributed by atoms with E-state index < -0.39 is 17.9 Å². The first-order valence-corrected chi connectivity index (χ1v) is 36.1. The van der Waals surface area contributed by atoms with E-state index in [-0.39, 0.29) is 17.8 Å². The van der Waals surface area contributed by atoms with Gasteiger partial charge in [0.15, 0.2) is 0 Å². The summed E-state index contributed by atoms with van der Waals surface area (Å²) < 4.78 is 1.43. The van der Waals surface area contributed by atoms with Crippen LogP contribution >= 0.6 is 37.9 Å². The standard InChI is InChI=1S/3C20H40O2S.C4H9.Sn/c3*1-2-3-4-5-6-7-8-9-10-11-12-13-14-15-16-19(17-18-23)20(21)22;1-3-4-2;/h3*19,23H,2-18H2,1H3,(H,21,22);1,3-4H2,2H3;/q;;;;+3/p-3. The molecule has 0 N–H and O–H groups in total. The zero-order valence-corrected chi connectivity index (χ0v) is 55.2. The van der Waals surface area contributed by atoms with Crippen LogP contribution < -0.4 is 15.3 Å². The third kappa shape index (κ3) is 72.3. The number of carbonyl (C=O) groups excluding carboxylic acids is 3. The Kier molecular flexibility index (Phi) is 79.9. The van der Waals surface area contributed by atoms with E-state index in [1.807, 2.05) is 0 Å². The molecule has 0 fully saturated rings. The molecule has 0 aromatic rings. The molecule has 0 aromatic carbocycles. The summed E-state index contributed by atoms with van der Waals surface area (Å²) in [5.74, 6) is -1.64. The fraction of sp³-hybridized carbons (Fsp3) is 0.953. The molecule has 440 valence electrons. The second-order valence-corrected chi connectivity index (χ2v) is 24.6. The molecule has 0 radical (unpaired) electrons. The molecule has 0 heterocycles. The summed E-state index contributed by atoms with van der Waals surface area (Å²) in [5, 5.41) is 32.7. The van der Waals surface area contributed by atoms with Crippen LogP contribution in [-0.4, -0.2) is 57.7 Å². The van der Waals surface area contributed by atoms with Crippen LogP contribution in [0.1, 0.15) is 349 Å². The Morgan fingerprint density at radius 3 is 0.527 bits per heavy atom. The Hall–Kier alpha value is 0.259. The third-order valence-electron chi connectivity index (χ3n) is 14.7. The minimum atomic E-state index is -0.895. The Labute approximate surface area is 492 Å². The maximum atomic E-state index is 10.9. The fourth-order valence-electron chi connectivity index (χ4n) is 9.54. The van der Waals surface area contributed by atoms with Crippen molar-refractivity contribution in [3.05, 3.63) is 0 Å². The summed E-state index contributed by atoms with van der Waals surface area (Å²) >= 11 is 14.0. The molecule has 0 aromatic heterocycles. The third-order valence-corrected chi connectivity index (χ3v) is 16.5. The molecule has 3 unspecified atom stereocenters. The quantitative estimate of drug-likeness (QED) is 0.0317. The summed E-state index contributed by atoms with van der Waals surface area (Å²) in [4.78, 5) is 32.7. The molecule has 74 heavy (non-hydrogen) atoms. The molecule has 0 saturated heterocycles. The molecule has 10 heteroatoms. The second kappa shape index (κ2) is 73.3. The minimum absolute atomic E-state index is 0.287. The molecular formula is C64H126O6S3Sn. The molecule has 0 aliphatic carbocycles. The number of hydrogen-bond acceptors (Lipinski definition) is 9. The molecule has 0 aliphatic heterocycles. The Balaban J connectivity index is -0.000000473. The number of aliphatic carboxylic acids is 3. The second-order valence-electron chi connectivity index (χ2n) is 21.8. The van der Waals surface area contributed by atoms with Crippen molar-refractivity contribution in [3.63, 3.8) is 0 Å². The van der Waals surface area contributed by atoms with Crippen LogP contribution in [0.5, 0.6) is 0 Å². The first kappa shape index (κ1) is 80.7. The van der Waals surface area contributed by atoms with Crippen LogP contribution in [0.4, 0.5) is 0 Å². The van der Waals surface area contributed by atoms with E-state index in [4.69, 9.17) is 0 Å². The van der Waals surface area contributed by atoms with E-state index in [9.17, 15) is 29.7 Å². The van der Waals surface area contributed by atoms with Gasteiger partial charge in [-0.15, -0.1) is 0 Å². The number of carboxylic acid groups (broad SMARTS) is 3. The molecule has 6 nitrogen and oxygen atoms in total. The topological polar surface area (TPSA) is 120 Å². The summed E-state index contributed by atoms with van der Waals surface area (Å²) in [6.07, 6.45) is 63.0. The number of rotatable bonds is 56. The van der Waals surface area contributed by atoms with Gasteiger partial charge >= 0.3 is 46.7 Å². The van der Waals surface area contributed by atoms with E-state index in [0.717, 1.165) is 57.8 Å². The number of hydrogen-bond donors (Lipinski definition) is 3. The van der Waals surface area contributed by atoms with E-state index in [1.54, 1.807) is 22.5 Å². The normalized spacial score (nSPS) is 12.2.